The molecule has 3 aromatic rings. The molecule has 0 atom stereocenters. The summed E-state index contributed by atoms with van der Waals surface area (Å²) in [5.41, 5.74) is 12.1. The number of aliphatic hydroxyl groups excluding tert-OH is 1. The number of aromatic amines is 1. The van der Waals surface area contributed by atoms with Crippen LogP contribution in [-0.2, 0) is 0 Å². The van der Waals surface area contributed by atoms with Gasteiger partial charge < -0.3 is 16.6 Å². The molecule has 0 saturated carbocycles. The molecule has 0 aliphatic rings. The lowest BCUT2D eigenvalue weighted by atomic mass is 10.2. The zero-order valence-electron chi connectivity index (χ0n) is 14.4. The van der Waals surface area contributed by atoms with Gasteiger partial charge in [-0.05, 0) is 13.8 Å². The standard InChI is InChI=1S/C15H16ClN9O2/c1-3-19-10(11(26)6(2)17)14-22-13(23-24-14)9-7-4-20-8(16)5-25(7)15(21-9)12(18)27/h4-5,26H,3,17H2,1-2H3,(H2,18,27)(H,22,23,24)/b11-6+,19-10?. The van der Waals surface area contributed by atoms with Gasteiger partial charge in [-0.25, -0.2) is 15.0 Å². The second-order valence-electron chi connectivity index (χ2n) is 5.48. The van der Waals surface area contributed by atoms with E-state index in [0.717, 1.165) is 0 Å². The van der Waals surface area contributed by atoms with E-state index in [1.807, 2.05) is 0 Å². The molecule has 0 radical (unpaired) electrons. The van der Waals surface area contributed by atoms with E-state index in [1.165, 1.54) is 23.7 Å². The van der Waals surface area contributed by atoms with E-state index in [1.54, 1.807) is 6.92 Å². The lowest BCUT2D eigenvalue weighted by Crippen LogP contribution is -2.15. The van der Waals surface area contributed by atoms with Crippen molar-refractivity contribution in [1.29, 1.82) is 0 Å². The molecule has 0 spiro atoms. The second kappa shape index (κ2) is 7.03. The second-order valence-corrected chi connectivity index (χ2v) is 5.86. The summed E-state index contributed by atoms with van der Waals surface area (Å²) in [7, 11) is 0. The number of fused-ring (bicyclic) bond motifs is 1. The fourth-order valence-corrected chi connectivity index (χ4v) is 2.53. The summed E-state index contributed by atoms with van der Waals surface area (Å²) in [6.07, 6.45) is 2.84. The van der Waals surface area contributed by atoms with Crippen molar-refractivity contribution in [1.82, 2.24) is 29.5 Å². The molecular weight excluding hydrogens is 374 g/mol. The van der Waals surface area contributed by atoms with Gasteiger partial charge in [0, 0.05) is 18.4 Å². The van der Waals surface area contributed by atoms with Gasteiger partial charge in [0.2, 0.25) is 11.6 Å². The van der Waals surface area contributed by atoms with E-state index in [4.69, 9.17) is 23.1 Å². The Kier molecular flexibility index (Phi) is 4.77. The normalized spacial score (nSPS) is 13.1. The SMILES string of the molecule is CCN=C(/C(O)=C(/C)N)c1nc(-c2nc(C(N)=O)n3cc(Cl)ncc23)n[nH]1. The number of H-pyrrole nitrogens is 1. The van der Waals surface area contributed by atoms with Crippen molar-refractivity contribution in [2.24, 2.45) is 16.5 Å². The molecule has 0 fully saturated rings. The minimum absolute atomic E-state index is 0.0429. The van der Waals surface area contributed by atoms with E-state index >= 15 is 0 Å². The summed E-state index contributed by atoms with van der Waals surface area (Å²) < 4.78 is 1.41. The fraction of sp³-hybridized carbons (Fsp3) is 0.200. The summed E-state index contributed by atoms with van der Waals surface area (Å²) in [6.45, 7) is 3.73. The van der Waals surface area contributed by atoms with Crippen LogP contribution in [0.25, 0.3) is 17.0 Å². The fourth-order valence-electron chi connectivity index (χ4n) is 2.38. The van der Waals surface area contributed by atoms with Gasteiger partial charge in [-0.3, -0.25) is 19.3 Å². The number of aromatic nitrogens is 6. The van der Waals surface area contributed by atoms with Crippen LogP contribution < -0.4 is 11.5 Å². The van der Waals surface area contributed by atoms with E-state index < -0.39 is 5.91 Å². The monoisotopic (exact) mass is 389 g/mol. The highest BCUT2D eigenvalue weighted by molar-refractivity contribution is 6.29. The number of rotatable bonds is 5. The lowest BCUT2D eigenvalue weighted by Gasteiger charge is -2.03. The Hall–Kier alpha value is -3.47. The Morgan fingerprint density at radius 3 is 2.78 bits per heavy atom. The molecule has 11 nitrogen and oxygen atoms in total. The first-order valence-corrected chi connectivity index (χ1v) is 8.18. The highest BCUT2D eigenvalue weighted by Crippen LogP contribution is 2.23. The first kappa shape index (κ1) is 18.3. The molecule has 0 saturated heterocycles. The third-order valence-corrected chi connectivity index (χ3v) is 3.74. The quantitative estimate of drug-likeness (QED) is 0.369. The van der Waals surface area contributed by atoms with Crippen molar-refractivity contribution in [3.63, 3.8) is 0 Å². The van der Waals surface area contributed by atoms with Crippen LogP contribution in [0.1, 0.15) is 30.3 Å². The molecule has 1 amide bonds. The number of aliphatic hydroxyl groups is 1. The van der Waals surface area contributed by atoms with Crippen LogP contribution in [-0.4, -0.2) is 52.8 Å². The predicted molar refractivity (Wildman–Crippen MR) is 98.5 cm³/mol. The maximum Gasteiger partial charge on any atom is 0.285 e. The number of hydrogen-bond donors (Lipinski definition) is 4. The van der Waals surface area contributed by atoms with Crippen molar-refractivity contribution in [3.8, 4) is 11.5 Å². The number of imidazole rings is 1. The van der Waals surface area contributed by atoms with Crippen molar-refractivity contribution in [3.05, 3.63) is 40.7 Å². The van der Waals surface area contributed by atoms with E-state index in [0.29, 0.717) is 12.1 Å². The number of nitrogens with two attached hydrogens (primary N) is 2. The zero-order chi connectivity index (χ0) is 19.7. The highest BCUT2D eigenvalue weighted by atomic mass is 35.5. The Labute approximate surface area is 157 Å². The smallest absolute Gasteiger partial charge is 0.285 e. The molecule has 6 N–H and O–H groups in total. The van der Waals surface area contributed by atoms with Crippen LogP contribution in [0.3, 0.4) is 0 Å². The van der Waals surface area contributed by atoms with Gasteiger partial charge in [0.15, 0.2) is 11.6 Å². The molecule has 0 bridgehead atoms. The summed E-state index contributed by atoms with van der Waals surface area (Å²) in [5, 5.41) is 17.1. The molecular formula is C15H16ClN9O2. The number of aliphatic imine (C=N–C) groups is 1. The molecule has 0 aliphatic carbocycles. The Morgan fingerprint density at radius 2 is 2.15 bits per heavy atom. The number of primary amides is 1. The Morgan fingerprint density at radius 1 is 1.41 bits per heavy atom. The molecule has 3 rings (SSSR count). The largest absolute Gasteiger partial charge is 0.504 e. The van der Waals surface area contributed by atoms with Crippen LogP contribution >= 0.6 is 11.6 Å². The maximum absolute atomic E-state index is 11.7. The van der Waals surface area contributed by atoms with Gasteiger partial charge in [0.25, 0.3) is 5.91 Å². The van der Waals surface area contributed by atoms with Crippen LogP contribution in [0.4, 0.5) is 0 Å². The van der Waals surface area contributed by atoms with Gasteiger partial charge in [-0.1, -0.05) is 11.6 Å². The number of allylic oxidation sites excluding steroid dienone is 2. The minimum atomic E-state index is -0.748. The van der Waals surface area contributed by atoms with Crippen LogP contribution in [0.2, 0.25) is 5.15 Å². The molecule has 0 aliphatic heterocycles. The van der Waals surface area contributed by atoms with Gasteiger partial charge in [0.1, 0.15) is 16.6 Å². The number of hydrogen-bond acceptors (Lipinski definition) is 8. The first-order valence-electron chi connectivity index (χ1n) is 7.80. The van der Waals surface area contributed by atoms with Gasteiger partial charge >= 0.3 is 0 Å². The third kappa shape index (κ3) is 3.31. The number of nitrogens with one attached hydrogen (secondary N) is 1. The number of amides is 1. The number of nitrogens with zero attached hydrogens (tertiary/aromatic N) is 6. The minimum Gasteiger partial charge on any atom is -0.504 e. The summed E-state index contributed by atoms with van der Waals surface area (Å²) in [4.78, 5) is 28.4. The molecule has 140 valence electrons. The molecule has 12 heteroatoms. The maximum atomic E-state index is 11.7. The number of carbonyl (C=O) groups is 1. The topological polar surface area (TPSA) is 173 Å². The number of carbonyl (C=O) groups excluding carboxylic acids is 1. The van der Waals surface area contributed by atoms with Crippen LogP contribution in [0.15, 0.2) is 28.8 Å². The molecule has 0 aromatic carbocycles. The molecule has 27 heavy (non-hydrogen) atoms. The van der Waals surface area contributed by atoms with E-state index in [9.17, 15) is 9.90 Å². The van der Waals surface area contributed by atoms with Crippen LogP contribution in [0.5, 0.6) is 0 Å². The lowest BCUT2D eigenvalue weighted by molar-refractivity contribution is 0.0990. The van der Waals surface area contributed by atoms with Gasteiger partial charge in [-0.15, -0.1) is 0 Å². The number of halogens is 1. The van der Waals surface area contributed by atoms with Gasteiger partial charge in [-0.2, -0.15) is 5.10 Å². The van der Waals surface area contributed by atoms with E-state index in [2.05, 4.69) is 30.1 Å². The molecule has 0 unspecified atom stereocenters. The predicted octanol–water partition coefficient (Wildman–Crippen LogP) is 0.824. The summed E-state index contributed by atoms with van der Waals surface area (Å²) in [5.74, 6) is -0.649. The Balaban J connectivity index is 2.16. The van der Waals surface area contributed by atoms with Crippen molar-refractivity contribution in [2.75, 3.05) is 6.54 Å². The molecule has 3 aromatic heterocycles. The van der Waals surface area contributed by atoms with Crippen LogP contribution in [0, 0.1) is 0 Å². The van der Waals surface area contributed by atoms with E-state index in [-0.39, 0.29) is 45.5 Å². The molecule has 3 heterocycles. The zero-order valence-corrected chi connectivity index (χ0v) is 15.2. The van der Waals surface area contributed by atoms with Crippen molar-refractivity contribution < 1.29 is 9.90 Å². The Bertz CT molecular complexity index is 1090. The van der Waals surface area contributed by atoms with Crippen molar-refractivity contribution >= 4 is 28.7 Å². The average Bonchev–Trinajstić information content (AvgIpc) is 3.23. The third-order valence-electron chi connectivity index (χ3n) is 3.55. The first-order chi connectivity index (χ1) is 12.8. The highest BCUT2D eigenvalue weighted by Gasteiger charge is 2.22. The van der Waals surface area contributed by atoms with Gasteiger partial charge in [0.05, 0.1) is 11.7 Å². The summed E-state index contributed by atoms with van der Waals surface area (Å²) in [6, 6.07) is 0. The van der Waals surface area contributed by atoms with Crippen molar-refractivity contribution in [2.45, 2.75) is 13.8 Å². The summed E-state index contributed by atoms with van der Waals surface area (Å²) >= 11 is 5.89. The average molecular weight is 390 g/mol.